The molecule has 2 aromatic carbocycles. The summed E-state index contributed by atoms with van der Waals surface area (Å²) in [6.45, 7) is 0. The Kier molecular flexibility index (Phi) is 2.80. The highest BCUT2D eigenvalue weighted by molar-refractivity contribution is 7.17. The van der Waals surface area contributed by atoms with Gasteiger partial charge in [0.05, 0.1) is 0 Å². The zero-order chi connectivity index (χ0) is 13.4. The lowest BCUT2D eigenvalue weighted by Gasteiger charge is -2.08. The van der Waals surface area contributed by atoms with Gasteiger partial charge in [-0.3, -0.25) is 0 Å². The van der Waals surface area contributed by atoms with Crippen molar-refractivity contribution in [3.05, 3.63) is 59.2 Å². The predicted octanol–water partition coefficient (Wildman–Crippen LogP) is 4.41. The molecule has 0 fully saturated rings. The topological polar surface area (TPSA) is 37.3 Å². The first-order valence-corrected chi connectivity index (χ1v) is 6.55. The third-order valence-electron chi connectivity index (χ3n) is 3.00. The molecule has 0 saturated carbocycles. The fourth-order valence-corrected chi connectivity index (χ4v) is 3.10. The summed E-state index contributed by atoms with van der Waals surface area (Å²) >= 11 is 1.52. The molecule has 0 aliphatic rings. The summed E-state index contributed by atoms with van der Waals surface area (Å²) in [6, 6.07) is 11.9. The number of hydrogen-bond acceptors (Lipinski definition) is 2. The number of rotatable bonds is 2. The molecule has 3 aromatic rings. The SMILES string of the molecule is O=C(O)c1c(F)cccc1-c1cccc2ccsc12. The Morgan fingerprint density at radius 1 is 1.05 bits per heavy atom. The van der Waals surface area contributed by atoms with Gasteiger partial charge in [0, 0.05) is 15.8 Å². The Morgan fingerprint density at radius 3 is 2.58 bits per heavy atom. The van der Waals surface area contributed by atoms with Crippen molar-refractivity contribution < 1.29 is 14.3 Å². The van der Waals surface area contributed by atoms with E-state index in [1.165, 1.54) is 23.5 Å². The van der Waals surface area contributed by atoms with Crippen molar-refractivity contribution in [3.8, 4) is 11.1 Å². The molecule has 0 amide bonds. The number of carboxylic acid groups (broad SMARTS) is 1. The van der Waals surface area contributed by atoms with Gasteiger partial charge in [0.15, 0.2) is 0 Å². The standard InChI is InChI=1S/C15H9FO2S/c16-12-6-2-4-10(13(12)15(17)18)11-5-1-3-9-7-8-19-14(9)11/h1-8H,(H,17,18). The van der Waals surface area contributed by atoms with Crippen molar-refractivity contribution in [1.82, 2.24) is 0 Å². The van der Waals surface area contributed by atoms with Crippen LogP contribution in [0.5, 0.6) is 0 Å². The molecule has 0 atom stereocenters. The molecule has 0 radical (unpaired) electrons. The summed E-state index contributed by atoms with van der Waals surface area (Å²) in [5, 5.41) is 12.2. The lowest BCUT2D eigenvalue weighted by Crippen LogP contribution is -2.03. The van der Waals surface area contributed by atoms with E-state index in [1.807, 2.05) is 29.6 Å². The van der Waals surface area contributed by atoms with Crippen LogP contribution in [0.25, 0.3) is 21.2 Å². The van der Waals surface area contributed by atoms with Crippen LogP contribution in [0.3, 0.4) is 0 Å². The molecule has 0 aliphatic heterocycles. The first-order valence-electron chi connectivity index (χ1n) is 5.67. The maximum absolute atomic E-state index is 13.7. The number of thiophene rings is 1. The largest absolute Gasteiger partial charge is 0.478 e. The molecule has 0 saturated heterocycles. The van der Waals surface area contributed by atoms with Gasteiger partial charge < -0.3 is 5.11 Å². The second-order valence-corrected chi connectivity index (χ2v) is 5.03. The highest BCUT2D eigenvalue weighted by Crippen LogP contribution is 2.35. The van der Waals surface area contributed by atoms with Crippen LogP contribution in [0.1, 0.15) is 10.4 Å². The summed E-state index contributed by atoms with van der Waals surface area (Å²) in [5.41, 5.74) is 0.897. The monoisotopic (exact) mass is 272 g/mol. The quantitative estimate of drug-likeness (QED) is 0.750. The predicted molar refractivity (Wildman–Crippen MR) is 74.2 cm³/mol. The minimum Gasteiger partial charge on any atom is -0.478 e. The van der Waals surface area contributed by atoms with E-state index in [0.717, 1.165) is 15.6 Å². The number of carboxylic acids is 1. The Morgan fingerprint density at radius 2 is 1.79 bits per heavy atom. The molecule has 1 aromatic heterocycles. The van der Waals surface area contributed by atoms with Crippen molar-refractivity contribution in [2.75, 3.05) is 0 Å². The third-order valence-corrected chi connectivity index (χ3v) is 3.96. The van der Waals surface area contributed by atoms with E-state index in [2.05, 4.69) is 0 Å². The molecule has 2 nitrogen and oxygen atoms in total. The zero-order valence-corrected chi connectivity index (χ0v) is 10.6. The average Bonchev–Trinajstić information content (AvgIpc) is 2.85. The second kappa shape index (κ2) is 4.48. The van der Waals surface area contributed by atoms with Gasteiger partial charge in [-0.1, -0.05) is 30.3 Å². The second-order valence-electron chi connectivity index (χ2n) is 4.11. The molecule has 0 aliphatic carbocycles. The van der Waals surface area contributed by atoms with E-state index in [1.54, 1.807) is 6.07 Å². The van der Waals surface area contributed by atoms with Crippen molar-refractivity contribution >= 4 is 27.4 Å². The fourth-order valence-electron chi connectivity index (χ4n) is 2.17. The van der Waals surface area contributed by atoms with Crippen molar-refractivity contribution in [3.63, 3.8) is 0 Å². The normalized spacial score (nSPS) is 10.8. The van der Waals surface area contributed by atoms with E-state index in [4.69, 9.17) is 0 Å². The molecule has 4 heteroatoms. The number of aromatic carboxylic acids is 1. The highest BCUT2D eigenvalue weighted by Gasteiger charge is 2.18. The molecule has 0 unspecified atom stereocenters. The van der Waals surface area contributed by atoms with Gasteiger partial charge in [0.2, 0.25) is 0 Å². The van der Waals surface area contributed by atoms with Crippen LogP contribution in [-0.2, 0) is 0 Å². The third kappa shape index (κ3) is 1.90. The molecule has 1 heterocycles. The van der Waals surface area contributed by atoms with Crippen LogP contribution >= 0.6 is 11.3 Å². The lowest BCUT2D eigenvalue weighted by atomic mass is 9.98. The number of hydrogen-bond donors (Lipinski definition) is 1. The minimum atomic E-state index is -1.25. The zero-order valence-electron chi connectivity index (χ0n) is 9.76. The highest BCUT2D eigenvalue weighted by atomic mass is 32.1. The summed E-state index contributed by atoms with van der Waals surface area (Å²) in [7, 11) is 0. The average molecular weight is 272 g/mol. The van der Waals surface area contributed by atoms with Crippen LogP contribution < -0.4 is 0 Å². The lowest BCUT2D eigenvalue weighted by molar-refractivity contribution is 0.0693. The van der Waals surface area contributed by atoms with Gasteiger partial charge in [-0.05, 0) is 22.9 Å². The maximum atomic E-state index is 13.7. The van der Waals surface area contributed by atoms with Crippen molar-refractivity contribution in [2.45, 2.75) is 0 Å². The molecule has 1 N–H and O–H groups in total. The molecule has 0 bridgehead atoms. The Labute approximate surface area is 112 Å². The van der Waals surface area contributed by atoms with Crippen LogP contribution in [-0.4, -0.2) is 11.1 Å². The Bertz CT molecular complexity index is 777. The summed E-state index contributed by atoms with van der Waals surface area (Å²) in [6.07, 6.45) is 0. The number of halogens is 1. The fraction of sp³-hybridized carbons (Fsp3) is 0. The molecule has 0 spiro atoms. The molecule has 94 valence electrons. The van der Waals surface area contributed by atoms with E-state index >= 15 is 0 Å². The van der Waals surface area contributed by atoms with Gasteiger partial charge in [0.25, 0.3) is 0 Å². The van der Waals surface area contributed by atoms with Crippen LogP contribution in [0.4, 0.5) is 4.39 Å². The molecule has 19 heavy (non-hydrogen) atoms. The van der Waals surface area contributed by atoms with Gasteiger partial charge in [-0.2, -0.15) is 0 Å². The van der Waals surface area contributed by atoms with Gasteiger partial charge in [0.1, 0.15) is 11.4 Å². The first kappa shape index (κ1) is 11.9. The van der Waals surface area contributed by atoms with Crippen LogP contribution in [0.2, 0.25) is 0 Å². The van der Waals surface area contributed by atoms with E-state index < -0.39 is 11.8 Å². The van der Waals surface area contributed by atoms with E-state index in [0.29, 0.717) is 5.56 Å². The van der Waals surface area contributed by atoms with E-state index in [-0.39, 0.29) is 5.56 Å². The summed E-state index contributed by atoms with van der Waals surface area (Å²) < 4.78 is 14.7. The van der Waals surface area contributed by atoms with Gasteiger partial charge in [-0.25, -0.2) is 9.18 Å². The van der Waals surface area contributed by atoms with Crippen molar-refractivity contribution in [1.29, 1.82) is 0 Å². The summed E-state index contributed by atoms with van der Waals surface area (Å²) in [4.78, 5) is 11.3. The number of benzene rings is 2. The van der Waals surface area contributed by atoms with Crippen LogP contribution in [0.15, 0.2) is 47.8 Å². The summed E-state index contributed by atoms with van der Waals surface area (Å²) in [5.74, 6) is -1.96. The first-order chi connectivity index (χ1) is 9.18. The Hall–Kier alpha value is -2.20. The molecular formula is C15H9FO2S. The number of fused-ring (bicyclic) bond motifs is 1. The molecule has 3 rings (SSSR count). The van der Waals surface area contributed by atoms with Crippen molar-refractivity contribution in [2.24, 2.45) is 0 Å². The Balaban J connectivity index is 2.36. The van der Waals surface area contributed by atoms with E-state index in [9.17, 15) is 14.3 Å². The van der Waals surface area contributed by atoms with Gasteiger partial charge >= 0.3 is 5.97 Å². The van der Waals surface area contributed by atoms with Gasteiger partial charge in [-0.15, -0.1) is 11.3 Å². The number of carbonyl (C=O) groups is 1. The van der Waals surface area contributed by atoms with Crippen LogP contribution in [0, 0.1) is 5.82 Å². The minimum absolute atomic E-state index is 0.275. The molecular weight excluding hydrogens is 263 g/mol. The maximum Gasteiger partial charge on any atom is 0.339 e. The smallest absolute Gasteiger partial charge is 0.339 e.